The van der Waals surface area contributed by atoms with Crippen LogP contribution >= 0.6 is 0 Å². The summed E-state index contributed by atoms with van der Waals surface area (Å²) < 4.78 is 5.57. The molecule has 0 atom stereocenters. The Balaban J connectivity index is 2.02. The fourth-order valence-corrected chi connectivity index (χ4v) is 1.65. The number of ether oxygens (including phenoxy) is 1. The van der Waals surface area contributed by atoms with Crippen molar-refractivity contribution < 1.29 is 9.94 Å². The van der Waals surface area contributed by atoms with E-state index >= 15 is 0 Å². The maximum atomic E-state index is 8.63. The standard InChI is InChI=1S/C12H17N3O2/c1-8-6-10(12(13)15-16)7-11(14-8)17-5-4-9-2-3-9/h6-7,9,16H,2-5H2,1H3,(H2,13,15). The second-order valence-electron chi connectivity index (χ2n) is 4.40. The van der Waals surface area contributed by atoms with Crippen LogP contribution in [0, 0.1) is 12.8 Å². The Labute approximate surface area is 100 Å². The van der Waals surface area contributed by atoms with Gasteiger partial charge >= 0.3 is 0 Å². The third kappa shape index (κ3) is 3.34. The van der Waals surface area contributed by atoms with E-state index < -0.39 is 0 Å². The van der Waals surface area contributed by atoms with Crippen molar-refractivity contribution in [3.63, 3.8) is 0 Å². The third-order valence-corrected chi connectivity index (χ3v) is 2.81. The van der Waals surface area contributed by atoms with E-state index in [-0.39, 0.29) is 5.84 Å². The zero-order valence-electron chi connectivity index (χ0n) is 9.89. The van der Waals surface area contributed by atoms with Crippen LogP contribution in [0.15, 0.2) is 17.3 Å². The summed E-state index contributed by atoms with van der Waals surface area (Å²) in [6.07, 6.45) is 3.72. The van der Waals surface area contributed by atoms with Crippen LogP contribution in [0.3, 0.4) is 0 Å². The highest BCUT2D eigenvalue weighted by molar-refractivity contribution is 5.97. The molecule has 5 heteroatoms. The van der Waals surface area contributed by atoms with E-state index in [9.17, 15) is 0 Å². The summed E-state index contributed by atoms with van der Waals surface area (Å²) in [6, 6.07) is 3.44. The molecule has 17 heavy (non-hydrogen) atoms. The van der Waals surface area contributed by atoms with Crippen molar-refractivity contribution in [3.05, 3.63) is 23.4 Å². The van der Waals surface area contributed by atoms with E-state index in [0.29, 0.717) is 18.1 Å². The first-order valence-corrected chi connectivity index (χ1v) is 5.78. The van der Waals surface area contributed by atoms with Crippen molar-refractivity contribution in [1.29, 1.82) is 0 Å². The molecule has 2 rings (SSSR count). The molecule has 1 saturated carbocycles. The first-order chi connectivity index (χ1) is 8.19. The van der Waals surface area contributed by atoms with Gasteiger partial charge in [-0.05, 0) is 25.3 Å². The van der Waals surface area contributed by atoms with Gasteiger partial charge in [0.05, 0.1) is 6.61 Å². The van der Waals surface area contributed by atoms with Crippen molar-refractivity contribution in [2.24, 2.45) is 16.8 Å². The average molecular weight is 235 g/mol. The quantitative estimate of drug-likeness (QED) is 0.352. The Morgan fingerprint density at radius 1 is 1.59 bits per heavy atom. The number of pyridine rings is 1. The molecule has 0 unspecified atom stereocenters. The van der Waals surface area contributed by atoms with Crippen LogP contribution in [0.2, 0.25) is 0 Å². The van der Waals surface area contributed by atoms with E-state index in [1.807, 2.05) is 6.92 Å². The third-order valence-electron chi connectivity index (χ3n) is 2.81. The maximum absolute atomic E-state index is 8.63. The van der Waals surface area contributed by atoms with E-state index in [1.54, 1.807) is 12.1 Å². The van der Waals surface area contributed by atoms with Crippen LogP contribution in [-0.4, -0.2) is 22.6 Å². The first kappa shape index (κ1) is 11.7. The van der Waals surface area contributed by atoms with Crippen LogP contribution < -0.4 is 10.5 Å². The molecule has 1 heterocycles. The predicted molar refractivity (Wildman–Crippen MR) is 64.3 cm³/mol. The Morgan fingerprint density at radius 3 is 3.00 bits per heavy atom. The monoisotopic (exact) mass is 235 g/mol. The molecule has 1 fully saturated rings. The summed E-state index contributed by atoms with van der Waals surface area (Å²) in [5.41, 5.74) is 6.95. The fraction of sp³-hybridized carbons (Fsp3) is 0.500. The van der Waals surface area contributed by atoms with E-state index in [0.717, 1.165) is 18.0 Å². The lowest BCUT2D eigenvalue weighted by Crippen LogP contribution is -2.14. The smallest absolute Gasteiger partial charge is 0.214 e. The van der Waals surface area contributed by atoms with Crippen molar-refractivity contribution >= 4 is 5.84 Å². The maximum Gasteiger partial charge on any atom is 0.214 e. The average Bonchev–Trinajstić information content (AvgIpc) is 3.11. The molecule has 1 aromatic heterocycles. The zero-order valence-corrected chi connectivity index (χ0v) is 9.89. The predicted octanol–water partition coefficient (Wildman–Crippen LogP) is 1.66. The second-order valence-corrected chi connectivity index (χ2v) is 4.40. The summed E-state index contributed by atoms with van der Waals surface area (Å²) in [5.74, 6) is 1.44. The molecule has 0 bridgehead atoms. The van der Waals surface area contributed by atoms with Gasteiger partial charge in [-0.3, -0.25) is 0 Å². The minimum Gasteiger partial charge on any atom is -0.478 e. The van der Waals surface area contributed by atoms with Gasteiger partial charge in [0.1, 0.15) is 0 Å². The summed E-state index contributed by atoms with van der Waals surface area (Å²) in [5, 5.41) is 11.6. The van der Waals surface area contributed by atoms with Crippen molar-refractivity contribution in [3.8, 4) is 5.88 Å². The highest BCUT2D eigenvalue weighted by Crippen LogP contribution is 2.32. The van der Waals surface area contributed by atoms with Crippen molar-refractivity contribution in [2.45, 2.75) is 26.2 Å². The van der Waals surface area contributed by atoms with Gasteiger partial charge < -0.3 is 15.7 Å². The molecule has 1 aliphatic carbocycles. The van der Waals surface area contributed by atoms with Gasteiger partial charge in [-0.2, -0.15) is 0 Å². The van der Waals surface area contributed by atoms with E-state index in [1.165, 1.54) is 12.8 Å². The molecule has 3 N–H and O–H groups in total. The van der Waals surface area contributed by atoms with Gasteiger partial charge in [0, 0.05) is 17.3 Å². The normalized spacial score (nSPS) is 15.9. The summed E-state index contributed by atoms with van der Waals surface area (Å²) in [4.78, 5) is 4.25. The molecule has 0 aliphatic heterocycles. The molecular weight excluding hydrogens is 218 g/mol. The number of aromatic nitrogens is 1. The van der Waals surface area contributed by atoms with Crippen LogP contribution in [-0.2, 0) is 0 Å². The Morgan fingerprint density at radius 2 is 2.35 bits per heavy atom. The van der Waals surface area contributed by atoms with Crippen LogP contribution in [0.1, 0.15) is 30.5 Å². The number of oxime groups is 1. The number of nitrogens with two attached hydrogens (primary N) is 1. The van der Waals surface area contributed by atoms with Crippen molar-refractivity contribution in [1.82, 2.24) is 4.98 Å². The second kappa shape index (κ2) is 5.03. The first-order valence-electron chi connectivity index (χ1n) is 5.78. The van der Waals surface area contributed by atoms with E-state index in [2.05, 4.69) is 10.1 Å². The van der Waals surface area contributed by atoms with Gasteiger partial charge in [0.15, 0.2) is 5.84 Å². The highest BCUT2D eigenvalue weighted by Gasteiger charge is 2.20. The zero-order chi connectivity index (χ0) is 12.3. The molecule has 0 spiro atoms. The fourth-order valence-electron chi connectivity index (χ4n) is 1.65. The molecule has 5 nitrogen and oxygen atoms in total. The molecule has 92 valence electrons. The van der Waals surface area contributed by atoms with Gasteiger partial charge in [-0.1, -0.05) is 18.0 Å². The summed E-state index contributed by atoms with van der Waals surface area (Å²) in [7, 11) is 0. The van der Waals surface area contributed by atoms with Crippen LogP contribution in [0.25, 0.3) is 0 Å². The lowest BCUT2D eigenvalue weighted by molar-refractivity contribution is 0.290. The summed E-state index contributed by atoms with van der Waals surface area (Å²) in [6.45, 7) is 2.53. The molecule has 1 aliphatic rings. The Kier molecular flexibility index (Phi) is 3.46. The molecule has 0 aromatic carbocycles. The van der Waals surface area contributed by atoms with Gasteiger partial charge in [-0.25, -0.2) is 4.98 Å². The number of hydrogen-bond acceptors (Lipinski definition) is 4. The lowest BCUT2D eigenvalue weighted by Gasteiger charge is -2.07. The molecule has 0 amide bonds. The molecule has 0 radical (unpaired) electrons. The SMILES string of the molecule is Cc1cc(/C(N)=N/O)cc(OCCC2CC2)n1. The minimum atomic E-state index is 0.0718. The Hall–Kier alpha value is -1.78. The van der Waals surface area contributed by atoms with Crippen LogP contribution in [0.4, 0.5) is 0 Å². The minimum absolute atomic E-state index is 0.0718. The van der Waals surface area contributed by atoms with Gasteiger partial charge in [0.25, 0.3) is 0 Å². The molecule has 0 saturated heterocycles. The highest BCUT2D eigenvalue weighted by atomic mass is 16.5. The Bertz CT molecular complexity index is 428. The number of nitrogens with zero attached hydrogens (tertiary/aromatic N) is 2. The van der Waals surface area contributed by atoms with E-state index in [4.69, 9.17) is 15.7 Å². The number of hydrogen-bond donors (Lipinski definition) is 2. The number of aryl methyl sites for hydroxylation is 1. The summed E-state index contributed by atoms with van der Waals surface area (Å²) >= 11 is 0. The number of amidine groups is 1. The van der Waals surface area contributed by atoms with Gasteiger partial charge in [-0.15, -0.1) is 0 Å². The van der Waals surface area contributed by atoms with Crippen molar-refractivity contribution in [2.75, 3.05) is 6.61 Å². The van der Waals surface area contributed by atoms with Gasteiger partial charge in [0.2, 0.25) is 5.88 Å². The van der Waals surface area contributed by atoms with Crippen LogP contribution in [0.5, 0.6) is 5.88 Å². The molecular formula is C12H17N3O2. The lowest BCUT2D eigenvalue weighted by atomic mass is 10.2. The molecule has 1 aromatic rings. The largest absolute Gasteiger partial charge is 0.478 e. The number of rotatable bonds is 5. The topological polar surface area (TPSA) is 80.7 Å².